The van der Waals surface area contributed by atoms with Gasteiger partial charge in [-0.1, -0.05) is 25.2 Å². The number of anilines is 1. The van der Waals surface area contributed by atoms with Crippen molar-refractivity contribution in [3.8, 4) is 0 Å². The van der Waals surface area contributed by atoms with Gasteiger partial charge in [0.25, 0.3) is 0 Å². The van der Waals surface area contributed by atoms with Crippen molar-refractivity contribution in [3.05, 3.63) is 5.01 Å². The van der Waals surface area contributed by atoms with Crippen molar-refractivity contribution in [1.29, 1.82) is 0 Å². The summed E-state index contributed by atoms with van der Waals surface area (Å²) in [5, 5.41) is 12.5. The zero-order chi connectivity index (χ0) is 16.3. The van der Waals surface area contributed by atoms with Crippen molar-refractivity contribution in [1.82, 2.24) is 15.1 Å². The molecular weight excluding hydrogens is 300 g/mol. The van der Waals surface area contributed by atoms with Gasteiger partial charge in [0, 0.05) is 24.9 Å². The van der Waals surface area contributed by atoms with Gasteiger partial charge in [-0.05, 0) is 26.7 Å². The molecule has 0 radical (unpaired) electrons. The molecule has 22 heavy (non-hydrogen) atoms. The third-order valence-corrected chi connectivity index (χ3v) is 5.16. The maximum Gasteiger partial charge on any atom is 0.231 e. The minimum atomic E-state index is -0.296. The van der Waals surface area contributed by atoms with Crippen LogP contribution in [0.1, 0.15) is 57.9 Å². The zero-order valence-corrected chi connectivity index (χ0v) is 14.4. The highest BCUT2D eigenvalue weighted by Crippen LogP contribution is 2.29. The first-order valence-electron chi connectivity index (χ1n) is 7.89. The Morgan fingerprint density at radius 3 is 2.59 bits per heavy atom. The molecule has 0 bridgehead atoms. The lowest BCUT2D eigenvalue weighted by molar-refractivity contribution is -0.129. The number of amides is 2. The van der Waals surface area contributed by atoms with Crippen LogP contribution in [0.2, 0.25) is 0 Å². The van der Waals surface area contributed by atoms with Crippen LogP contribution in [-0.2, 0) is 9.59 Å². The Kier molecular flexibility index (Phi) is 5.50. The van der Waals surface area contributed by atoms with Crippen LogP contribution in [0.3, 0.4) is 0 Å². The Bertz CT molecular complexity index is 539. The third-order valence-electron chi connectivity index (χ3n) is 4.16. The smallest absolute Gasteiger partial charge is 0.231 e. The van der Waals surface area contributed by atoms with E-state index in [-0.39, 0.29) is 30.2 Å². The summed E-state index contributed by atoms with van der Waals surface area (Å²) in [5.41, 5.74) is 0. The second kappa shape index (κ2) is 7.17. The van der Waals surface area contributed by atoms with Crippen LogP contribution in [0.25, 0.3) is 0 Å². The lowest BCUT2D eigenvalue weighted by Crippen LogP contribution is -2.33. The molecule has 1 fully saturated rings. The molecule has 7 heteroatoms. The summed E-state index contributed by atoms with van der Waals surface area (Å²) in [6.07, 6.45) is 2.31. The molecule has 6 nitrogen and oxygen atoms in total. The molecule has 0 aromatic carbocycles. The molecular formula is C15H24N4O2S. The van der Waals surface area contributed by atoms with E-state index in [2.05, 4.69) is 29.4 Å². The molecule has 1 aliphatic rings. The SMILES string of the molecule is CCC(CC)c1nnc(NC(=O)[C@H]2CC(=O)N(C(C)C)C2)s1. The lowest BCUT2D eigenvalue weighted by Gasteiger charge is -2.20. The Morgan fingerprint density at radius 1 is 1.36 bits per heavy atom. The van der Waals surface area contributed by atoms with E-state index >= 15 is 0 Å². The van der Waals surface area contributed by atoms with Gasteiger partial charge in [-0.3, -0.25) is 9.59 Å². The van der Waals surface area contributed by atoms with Gasteiger partial charge in [-0.15, -0.1) is 10.2 Å². The molecule has 0 aliphatic carbocycles. The molecule has 1 aliphatic heterocycles. The molecule has 1 atom stereocenters. The fourth-order valence-corrected chi connectivity index (χ4v) is 3.71. The second-order valence-corrected chi connectivity index (χ2v) is 7.00. The van der Waals surface area contributed by atoms with Gasteiger partial charge in [0.2, 0.25) is 16.9 Å². The van der Waals surface area contributed by atoms with Gasteiger partial charge < -0.3 is 10.2 Å². The van der Waals surface area contributed by atoms with Crippen LogP contribution < -0.4 is 5.32 Å². The number of hydrogen-bond donors (Lipinski definition) is 1. The minimum absolute atomic E-state index is 0.0464. The average Bonchev–Trinajstić information content (AvgIpc) is 3.07. The van der Waals surface area contributed by atoms with E-state index in [0.717, 1.165) is 17.8 Å². The van der Waals surface area contributed by atoms with Crippen molar-refractivity contribution in [3.63, 3.8) is 0 Å². The van der Waals surface area contributed by atoms with E-state index in [1.807, 2.05) is 13.8 Å². The molecule has 1 aromatic heterocycles. The molecule has 2 rings (SSSR count). The number of aromatic nitrogens is 2. The first-order chi connectivity index (χ1) is 10.5. The van der Waals surface area contributed by atoms with Crippen molar-refractivity contribution in [2.45, 2.75) is 58.9 Å². The summed E-state index contributed by atoms with van der Waals surface area (Å²) in [4.78, 5) is 25.9. The summed E-state index contributed by atoms with van der Waals surface area (Å²) < 4.78 is 0. The van der Waals surface area contributed by atoms with Gasteiger partial charge >= 0.3 is 0 Å². The average molecular weight is 324 g/mol. The predicted octanol–water partition coefficient (Wildman–Crippen LogP) is 2.64. The second-order valence-electron chi connectivity index (χ2n) is 5.99. The molecule has 0 saturated carbocycles. The van der Waals surface area contributed by atoms with Gasteiger partial charge in [-0.25, -0.2) is 0 Å². The largest absolute Gasteiger partial charge is 0.339 e. The van der Waals surface area contributed by atoms with Gasteiger partial charge in [-0.2, -0.15) is 0 Å². The minimum Gasteiger partial charge on any atom is -0.339 e. The summed E-state index contributed by atoms with van der Waals surface area (Å²) in [7, 11) is 0. The standard InChI is InChI=1S/C15H24N4O2S/c1-5-10(6-2)14-17-18-15(22-14)16-13(21)11-7-12(20)19(8-11)9(3)4/h9-11H,5-8H2,1-4H3,(H,16,18,21)/t11-/m0/s1. The predicted molar refractivity (Wildman–Crippen MR) is 86.8 cm³/mol. The van der Waals surface area contributed by atoms with Crippen molar-refractivity contribution >= 4 is 28.3 Å². The first-order valence-corrected chi connectivity index (χ1v) is 8.71. The van der Waals surface area contributed by atoms with E-state index in [1.165, 1.54) is 11.3 Å². The number of carbonyl (C=O) groups excluding carboxylic acids is 2. The molecule has 122 valence electrons. The topological polar surface area (TPSA) is 75.2 Å². The van der Waals surface area contributed by atoms with Crippen LogP contribution in [0.15, 0.2) is 0 Å². The monoisotopic (exact) mass is 324 g/mol. The molecule has 2 amide bonds. The molecule has 0 unspecified atom stereocenters. The van der Waals surface area contributed by atoms with E-state index in [9.17, 15) is 9.59 Å². The normalized spacial score (nSPS) is 18.5. The number of nitrogens with zero attached hydrogens (tertiary/aromatic N) is 3. The number of carbonyl (C=O) groups is 2. The van der Waals surface area contributed by atoms with E-state index in [4.69, 9.17) is 0 Å². The molecule has 1 saturated heterocycles. The summed E-state index contributed by atoms with van der Waals surface area (Å²) in [6, 6.07) is 0.133. The summed E-state index contributed by atoms with van der Waals surface area (Å²) >= 11 is 1.43. The van der Waals surface area contributed by atoms with Crippen molar-refractivity contribution in [2.75, 3.05) is 11.9 Å². The van der Waals surface area contributed by atoms with Crippen LogP contribution >= 0.6 is 11.3 Å². The molecule has 1 N–H and O–H groups in total. The Morgan fingerprint density at radius 2 is 2.05 bits per heavy atom. The Labute approximate surface area is 135 Å². The van der Waals surface area contributed by atoms with Crippen LogP contribution in [0.4, 0.5) is 5.13 Å². The van der Waals surface area contributed by atoms with Gasteiger partial charge in [0.1, 0.15) is 5.01 Å². The van der Waals surface area contributed by atoms with E-state index in [1.54, 1.807) is 4.90 Å². The molecule has 2 heterocycles. The first kappa shape index (κ1) is 16.9. The fraction of sp³-hybridized carbons (Fsp3) is 0.733. The maximum atomic E-state index is 12.3. The summed E-state index contributed by atoms with van der Waals surface area (Å²) in [5.74, 6) is 0.0110. The number of rotatable bonds is 6. The third kappa shape index (κ3) is 3.63. The quantitative estimate of drug-likeness (QED) is 0.873. The lowest BCUT2D eigenvalue weighted by atomic mass is 10.1. The van der Waals surface area contributed by atoms with E-state index < -0.39 is 0 Å². The van der Waals surface area contributed by atoms with Crippen LogP contribution in [-0.4, -0.2) is 39.5 Å². The van der Waals surface area contributed by atoms with Gasteiger partial charge in [0.15, 0.2) is 0 Å². The fourth-order valence-electron chi connectivity index (χ4n) is 2.70. The van der Waals surface area contributed by atoms with E-state index in [0.29, 0.717) is 17.6 Å². The highest BCUT2D eigenvalue weighted by molar-refractivity contribution is 7.15. The Hall–Kier alpha value is -1.50. The van der Waals surface area contributed by atoms with Crippen molar-refractivity contribution < 1.29 is 9.59 Å². The van der Waals surface area contributed by atoms with Crippen molar-refractivity contribution in [2.24, 2.45) is 5.92 Å². The zero-order valence-electron chi connectivity index (χ0n) is 13.6. The number of likely N-dealkylation sites (tertiary alicyclic amines) is 1. The highest BCUT2D eigenvalue weighted by atomic mass is 32.1. The number of hydrogen-bond acceptors (Lipinski definition) is 5. The van der Waals surface area contributed by atoms with Gasteiger partial charge in [0.05, 0.1) is 5.92 Å². The molecule has 0 spiro atoms. The van der Waals surface area contributed by atoms with Crippen LogP contribution in [0.5, 0.6) is 0 Å². The van der Waals surface area contributed by atoms with Crippen LogP contribution in [0, 0.1) is 5.92 Å². The maximum absolute atomic E-state index is 12.3. The molecule has 1 aromatic rings. The number of nitrogens with one attached hydrogen (secondary N) is 1. The highest BCUT2D eigenvalue weighted by Gasteiger charge is 2.35. The Balaban J connectivity index is 1.97. The summed E-state index contributed by atoms with van der Waals surface area (Å²) in [6.45, 7) is 8.66.